The molecule has 0 bridgehead atoms. The molecule has 0 radical (unpaired) electrons. The van der Waals surface area contributed by atoms with E-state index in [1.807, 2.05) is 0 Å². The number of nitrogens with zero attached hydrogens (tertiary/aromatic N) is 1. The van der Waals surface area contributed by atoms with Gasteiger partial charge in [-0.3, -0.25) is 9.59 Å². The monoisotopic (exact) mass is 503 g/mol. The molecule has 2 aromatic carbocycles. The molecule has 0 spiro atoms. The number of aromatic hydroxyl groups is 1. The number of hydrogen-bond donors (Lipinski definition) is 3. The van der Waals surface area contributed by atoms with Crippen LogP contribution in [0.15, 0.2) is 36.4 Å². The second-order valence-electron chi connectivity index (χ2n) is 6.49. The number of carbonyl (C=O) groups excluding carboxylic acids is 2. The minimum atomic E-state index is -4.57. The Morgan fingerprint density at radius 2 is 1.75 bits per heavy atom. The Morgan fingerprint density at radius 1 is 1.12 bits per heavy atom. The van der Waals surface area contributed by atoms with Crippen LogP contribution in [0.3, 0.4) is 0 Å². The summed E-state index contributed by atoms with van der Waals surface area (Å²) in [4.78, 5) is 29.2. The van der Waals surface area contributed by atoms with Gasteiger partial charge in [0.15, 0.2) is 11.4 Å². The number of amides is 2. The number of halogens is 5. The lowest BCUT2D eigenvalue weighted by Crippen LogP contribution is -2.26. The SMILES string of the molecule is Cc1nc(C(=O)NCc2ccccc2C(F)(F)F)c(NC(=O)c2cc(Cl)c(O)c(Cl)c2)s1. The number of benzene rings is 2. The molecule has 0 saturated heterocycles. The van der Waals surface area contributed by atoms with E-state index in [-0.39, 0.29) is 44.2 Å². The summed E-state index contributed by atoms with van der Waals surface area (Å²) in [5.74, 6) is -1.81. The predicted octanol–water partition coefficient (Wildman–Crippen LogP) is 5.67. The molecule has 12 heteroatoms. The van der Waals surface area contributed by atoms with Crippen molar-refractivity contribution in [2.24, 2.45) is 0 Å². The molecule has 0 atom stereocenters. The van der Waals surface area contributed by atoms with Crippen molar-refractivity contribution in [3.8, 4) is 5.75 Å². The van der Waals surface area contributed by atoms with E-state index in [9.17, 15) is 27.9 Å². The molecule has 3 rings (SSSR count). The van der Waals surface area contributed by atoms with Crippen molar-refractivity contribution in [1.82, 2.24) is 10.3 Å². The van der Waals surface area contributed by atoms with Crippen LogP contribution in [0.1, 0.15) is 37.0 Å². The minimum Gasteiger partial charge on any atom is -0.505 e. The minimum absolute atomic E-state index is 0.0225. The topological polar surface area (TPSA) is 91.3 Å². The van der Waals surface area contributed by atoms with Crippen LogP contribution in [-0.4, -0.2) is 21.9 Å². The van der Waals surface area contributed by atoms with Gasteiger partial charge in [0.2, 0.25) is 0 Å². The van der Waals surface area contributed by atoms with Crippen LogP contribution < -0.4 is 10.6 Å². The van der Waals surface area contributed by atoms with E-state index >= 15 is 0 Å². The van der Waals surface area contributed by atoms with Crippen molar-refractivity contribution in [2.45, 2.75) is 19.6 Å². The van der Waals surface area contributed by atoms with Crippen molar-refractivity contribution in [2.75, 3.05) is 5.32 Å². The largest absolute Gasteiger partial charge is 0.505 e. The number of aromatic nitrogens is 1. The summed E-state index contributed by atoms with van der Waals surface area (Å²) in [5, 5.41) is 14.8. The number of thiazole rings is 1. The van der Waals surface area contributed by atoms with Crippen LogP contribution in [-0.2, 0) is 12.7 Å². The van der Waals surface area contributed by atoms with E-state index in [4.69, 9.17) is 23.2 Å². The van der Waals surface area contributed by atoms with Crippen LogP contribution >= 0.6 is 34.5 Å². The van der Waals surface area contributed by atoms with Gasteiger partial charge in [-0.25, -0.2) is 4.98 Å². The fourth-order valence-corrected chi connectivity index (χ4v) is 4.05. The molecule has 3 N–H and O–H groups in total. The fraction of sp³-hybridized carbons (Fsp3) is 0.150. The second-order valence-corrected chi connectivity index (χ2v) is 8.51. The molecule has 0 fully saturated rings. The standard InChI is InChI=1S/C20H14Cl2F3N3O3S/c1-9-27-15(18(31)26-8-10-4-2-3-5-12(10)20(23,24)25)19(32-9)28-17(30)11-6-13(21)16(29)14(22)7-11/h2-7,29H,8H2,1H3,(H,26,31)(H,28,30). The van der Waals surface area contributed by atoms with Crippen LogP contribution in [0.25, 0.3) is 0 Å². The maximum atomic E-state index is 13.1. The Hall–Kier alpha value is -2.82. The molecular weight excluding hydrogens is 490 g/mol. The van der Waals surface area contributed by atoms with Crippen LogP contribution in [0, 0.1) is 6.92 Å². The second kappa shape index (κ2) is 9.35. The van der Waals surface area contributed by atoms with Crippen molar-refractivity contribution in [3.63, 3.8) is 0 Å². The highest BCUT2D eigenvalue weighted by Gasteiger charge is 2.33. The lowest BCUT2D eigenvalue weighted by atomic mass is 10.1. The summed E-state index contributed by atoms with van der Waals surface area (Å²) < 4.78 is 39.4. The third-order valence-electron chi connectivity index (χ3n) is 4.22. The van der Waals surface area contributed by atoms with Gasteiger partial charge < -0.3 is 15.7 Å². The summed E-state index contributed by atoms with van der Waals surface area (Å²) in [6.45, 7) is 1.21. The Balaban J connectivity index is 1.78. The average molecular weight is 504 g/mol. The van der Waals surface area contributed by atoms with Crippen LogP contribution in [0.4, 0.5) is 18.2 Å². The van der Waals surface area contributed by atoms with Gasteiger partial charge in [-0.15, -0.1) is 11.3 Å². The van der Waals surface area contributed by atoms with Crippen molar-refractivity contribution in [3.05, 3.63) is 73.8 Å². The molecule has 0 aliphatic carbocycles. The maximum Gasteiger partial charge on any atom is 0.416 e. The molecule has 0 saturated carbocycles. The van der Waals surface area contributed by atoms with Gasteiger partial charge >= 0.3 is 6.18 Å². The zero-order chi connectivity index (χ0) is 23.6. The molecule has 0 aliphatic heterocycles. The molecule has 1 heterocycles. The van der Waals surface area contributed by atoms with E-state index in [0.717, 1.165) is 17.4 Å². The Bertz CT molecular complexity index is 1180. The van der Waals surface area contributed by atoms with Crippen molar-refractivity contribution < 1.29 is 27.9 Å². The lowest BCUT2D eigenvalue weighted by molar-refractivity contribution is -0.138. The zero-order valence-corrected chi connectivity index (χ0v) is 18.5. The first-order valence-electron chi connectivity index (χ1n) is 8.87. The highest BCUT2D eigenvalue weighted by molar-refractivity contribution is 7.16. The van der Waals surface area contributed by atoms with E-state index in [0.29, 0.717) is 5.01 Å². The first kappa shape index (κ1) is 23.8. The number of rotatable bonds is 5. The molecule has 6 nitrogen and oxygen atoms in total. The predicted molar refractivity (Wildman–Crippen MR) is 116 cm³/mol. The number of phenols is 1. The number of phenolic OH excluding ortho intramolecular Hbond substituents is 1. The normalized spacial score (nSPS) is 11.3. The van der Waals surface area contributed by atoms with Gasteiger partial charge in [0.05, 0.1) is 20.6 Å². The van der Waals surface area contributed by atoms with E-state index < -0.39 is 23.6 Å². The quantitative estimate of drug-likeness (QED) is 0.418. The third kappa shape index (κ3) is 5.32. The molecule has 2 amide bonds. The molecule has 1 aromatic heterocycles. The summed E-state index contributed by atoms with van der Waals surface area (Å²) in [6.07, 6.45) is -4.57. The molecule has 0 aliphatic rings. The smallest absolute Gasteiger partial charge is 0.416 e. The van der Waals surface area contributed by atoms with Gasteiger partial charge in [-0.05, 0) is 30.7 Å². The van der Waals surface area contributed by atoms with Crippen LogP contribution in [0.2, 0.25) is 10.0 Å². The number of anilines is 1. The van der Waals surface area contributed by atoms with Gasteiger partial charge in [0.25, 0.3) is 11.8 Å². The number of alkyl halides is 3. The van der Waals surface area contributed by atoms with Gasteiger partial charge in [-0.2, -0.15) is 13.2 Å². The van der Waals surface area contributed by atoms with E-state index in [2.05, 4.69) is 15.6 Å². The number of nitrogens with one attached hydrogen (secondary N) is 2. The van der Waals surface area contributed by atoms with Crippen LogP contribution in [0.5, 0.6) is 5.75 Å². The summed E-state index contributed by atoms with van der Waals surface area (Å²) in [5.41, 5.74) is -1.10. The molecule has 32 heavy (non-hydrogen) atoms. The Kier molecular flexibility index (Phi) is 6.97. The van der Waals surface area contributed by atoms with Crippen molar-refractivity contribution >= 4 is 51.4 Å². The summed E-state index contributed by atoms with van der Waals surface area (Å²) in [6, 6.07) is 7.26. The van der Waals surface area contributed by atoms with E-state index in [1.54, 1.807) is 6.92 Å². The molecular formula is C20H14Cl2F3N3O3S. The molecule has 3 aromatic rings. The number of hydrogen-bond acceptors (Lipinski definition) is 5. The summed E-state index contributed by atoms with van der Waals surface area (Å²) in [7, 11) is 0. The fourth-order valence-electron chi connectivity index (χ4n) is 2.75. The Morgan fingerprint density at radius 3 is 2.38 bits per heavy atom. The number of aryl methyl sites for hydroxylation is 1. The number of carbonyl (C=O) groups is 2. The molecule has 168 valence electrons. The zero-order valence-electron chi connectivity index (χ0n) is 16.2. The van der Waals surface area contributed by atoms with Gasteiger partial charge in [0.1, 0.15) is 5.00 Å². The lowest BCUT2D eigenvalue weighted by Gasteiger charge is -2.13. The molecule has 0 unspecified atom stereocenters. The Labute approximate surface area is 194 Å². The highest BCUT2D eigenvalue weighted by atomic mass is 35.5. The van der Waals surface area contributed by atoms with E-state index in [1.165, 1.54) is 30.3 Å². The maximum absolute atomic E-state index is 13.1. The first-order chi connectivity index (χ1) is 15.0. The van der Waals surface area contributed by atoms with Gasteiger partial charge in [-0.1, -0.05) is 41.4 Å². The highest BCUT2D eigenvalue weighted by Crippen LogP contribution is 2.34. The van der Waals surface area contributed by atoms with Crippen molar-refractivity contribution in [1.29, 1.82) is 0 Å². The first-order valence-corrected chi connectivity index (χ1v) is 10.4. The summed E-state index contributed by atoms with van der Waals surface area (Å²) >= 11 is 12.7. The average Bonchev–Trinajstić information content (AvgIpc) is 3.09. The van der Waals surface area contributed by atoms with Gasteiger partial charge in [0, 0.05) is 12.1 Å². The third-order valence-corrected chi connectivity index (χ3v) is 5.68.